The summed E-state index contributed by atoms with van der Waals surface area (Å²) >= 11 is 1.64. The summed E-state index contributed by atoms with van der Waals surface area (Å²) in [5.41, 5.74) is 0. The average Bonchev–Trinajstić information content (AvgIpc) is 2.26. The Hall–Kier alpha value is -0.250. The van der Waals surface area contributed by atoms with Crippen LogP contribution in [0.4, 0.5) is 4.39 Å². The van der Waals surface area contributed by atoms with Gasteiger partial charge in [-0.2, -0.15) is 0 Å². The zero-order valence-electron chi connectivity index (χ0n) is 11.2. The van der Waals surface area contributed by atoms with E-state index < -0.39 is 0 Å². The first-order valence-corrected chi connectivity index (χ1v) is 7.51. The van der Waals surface area contributed by atoms with Gasteiger partial charge in [-0.3, -0.25) is 9.18 Å². The summed E-state index contributed by atoms with van der Waals surface area (Å²) in [4.78, 5) is 11.5. The van der Waals surface area contributed by atoms with E-state index in [2.05, 4.69) is 0 Å². The van der Waals surface area contributed by atoms with E-state index >= 15 is 0 Å². The molecule has 0 aromatic heterocycles. The van der Waals surface area contributed by atoms with Crippen molar-refractivity contribution < 1.29 is 13.9 Å². The summed E-state index contributed by atoms with van der Waals surface area (Å²) in [5.74, 6) is 0.853. The van der Waals surface area contributed by atoms with Crippen LogP contribution >= 0.6 is 11.8 Å². The highest BCUT2D eigenvalue weighted by Gasteiger charge is 2.15. The number of halogens is 1. The van der Waals surface area contributed by atoms with Gasteiger partial charge in [0.25, 0.3) is 0 Å². The highest BCUT2D eigenvalue weighted by Crippen LogP contribution is 2.16. The number of carbonyl (C=O) groups excluding carboxylic acids is 1. The van der Waals surface area contributed by atoms with Crippen LogP contribution < -0.4 is 0 Å². The first kappa shape index (κ1) is 16.8. The van der Waals surface area contributed by atoms with Crippen LogP contribution in [0.1, 0.15) is 52.9 Å². The van der Waals surface area contributed by atoms with E-state index in [1.54, 1.807) is 11.8 Å². The molecule has 0 spiro atoms. The number of esters is 1. The number of unbranched alkanes of at least 4 members (excludes halogenated alkanes) is 4. The van der Waals surface area contributed by atoms with Crippen LogP contribution in [0.5, 0.6) is 0 Å². The zero-order valence-corrected chi connectivity index (χ0v) is 12.0. The van der Waals surface area contributed by atoms with Gasteiger partial charge in [-0.25, -0.2) is 0 Å². The van der Waals surface area contributed by atoms with Crippen molar-refractivity contribution in [2.24, 2.45) is 0 Å². The van der Waals surface area contributed by atoms with E-state index in [0.29, 0.717) is 6.42 Å². The molecule has 0 saturated heterocycles. The lowest BCUT2D eigenvalue weighted by molar-refractivity contribution is -0.146. The minimum atomic E-state index is -0.202. The van der Waals surface area contributed by atoms with Crippen molar-refractivity contribution in [1.29, 1.82) is 0 Å². The van der Waals surface area contributed by atoms with Gasteiger partial charge >= 0.3 is 5.97 Å². The number of thioether (sulfide) groups is 1. The van der Waals surface area contributed by atoms with E-state index in [1.807, 2.05) is 20.8 Å². The van der Waals surface area contributed by atoms with Gasteiger partial charge in [0.1, 0.15) is 0 Å². The van der Waals surface area contributed by atoms with Crippen molar-refractivity contribution >= 4 is 17.7 Å². The SMILES string of the molecule is CC(C)OC(=O)C(C)SCCCCCCCF. The number of alkyl halides is 1. The molecule has 0 bridgehead atoms. The number of carbonyl (C=O) groups is 1. The highest BCUT2D eigenvalue weighted by molar-refractivity contribution is 8.00. The molecule has 1 atom stereocenters. The number of hydrogen-bond acceptors (Lipinski definition) is 3. The van der Waals surface area contributed by atoms with E-state index in [4.69, 9.17) is 4.74 Å². The Morgan fingerprint density at radius 3 is 2.29 bits per heavy atom. The first-order valence-electron chi connectivity index (χ1n) is 6.46. The maximum Gasteiger partial charge on any atom is 0.319 e. The third-order valence-electron chi connectivity index (χ3n) is 2.33. The maximum absolute atomic E-state index is 11.8. The lowest BCUT2D eigenvalue weighted by atomic mass is 10.2. The van der Waals surface area contributed by atoms with Crippen molar-refractivity contribution in [2.45, 2.75) is 64.2 Å². The highest BCUT2D eigenvalue weighted by atomic mass is 32.2. The standard InChI is InChI=1S/C13H25FO2S/c1-11(2)16-13(15)12(3)17-10-8-6-4-5-7-9-14/h11-12H,4-10H2,1-3H3. The monoisotopic (exact) mass is 264 g/mol. The summed E-state index contributed by atoms with van der Waals surface area (Å²) in [6.07, 6.45) is 4.94. The van der Waals surface area contributed by atoms with E-state index in [-0.39, 0.29) is 24.0 Å². The Kier molecular flexibility index (Phi) is 10.7. The normalized spacial score (nSPS) is 12.8. The van der Waals surface area contributed by atoms with E-state index in [9.17, 15) is 9.18 Å². The fourth-order valence-corrected chi connectivity index (χ4v) is 2.30. The molecule has 17 heavy (non-hydrogen) atoms. The summed E-state index contributed by atoms with van der Waals surface area (Å²) in [6.45, 7) is 5.41. The molecule has 0 rings (SSSR count). The van der Waals surface area contributed by atoms with Gasteiger partial charge in [0.2, 0.25) is 0 Å². The lowest BCUT2D eigenvalue weighted by Crippen LogP contribution is -2.21. The second-order valence-electron chi connectivity index (χ2n) is 4.46. The molecule has 0 N–H and O–H groups in total. The maximum atomic E-state index is 11.8. The molecule has 0 saturated carbocycles. The zero-order chi connectivity index (χ0) is 13.1. The first-order chi connectivity index (χ1) is 8.07. The molecule has 0 aromatic carbocycles. The van der Waals surface area contributed by atoms with Crippen LogP contribution in [-0.2, 0) is 9.53 Å². The Morgan fingerprint density at radius 1 is 1.12 bits per heavy atom. The Labute approximate surface area is 109 Å². The smallest absolute Gasteiger partial charge is 0.319 e. The van der Waals surface area contributed by atoms with E-state index in [1.165, 1.54) is 0 Å². The fraction of sp³-hybridized carbons (Fsp3) is 0.923. The molecule has 0 fully saturated rings. The van der Waals surface area contributed by atoms with Crippen molar-refractivity contribution in [3.8, 4) is 0 Å². The second-order valence-corrected chi connectivity index (χ2v) is 5.90. The Morgan fingerprint density at radius 2 is 1.71 bits per heavy atom. The van der Waals surface area contributed by atoms with Crippen LogP contribution in [0.2, 0.25) is 0 Å². The van der Waals surface area contributed by atoms with E-state index in [0.717, 1.165) is 31.4 Å². The molecule has 2 nitrogen and oxygen atoms in total. The van der Waals surface area contributed by atoms with Gasteiger partial charge in [0, 0.05) is 0 Å². The van der Waals surface area contributed by atoms with Crippen LogP contribution in [0.15, 0.2) is 0 Å². The second kappa shape index (κ2) is 10.9. The quantitative estimate of drug-likeness (QED) is 0.441. The molecule has 0 aliphatic rings. The topological polar surface area (TPSA) is 26.3 Å². The van der Waals surface area contributed by atoms with Crippen molar-refractivity contribution in [1.82, 2.24) is 0 Å². The molecule has 0 heterocycles. The average molecular weight is 264 g/mol. The van der Waals surface area contributed by atoms with Crippen LogP contribution in [0.25, 0.3) is 0 Å². The lowest BCUT2D eigenvalue weighted by Gasteiger charge is -2.13. The number of hydrogen-bond donors (Lipinski definition) is 0. The third-order valence-corrected chi connectivity index (χ3v) is 3.55. The van der Waals surface area contributed by atoms with Crippen molar-refractivity contribution in [3.63, 3.8) is 0 Å². The summed E-state index contributed by atoms with van der Waals surface area (Å²) in [7, 11) is 0. The van der Waals surface area contributed by atoms with Gasteiger partial charge < -0.3 is 4.74 Å². The molecular formula is C13H25FO2S. The molecule has 0 aliphatic heterocycles. The van der Waals surface area contributed by atoms with Crippen molar-refractivity contribution in [3.05, 3.63) is 0 Å². The number of ether oxygens (including phenoxy) is 1. The fourth-order valence-electron chi connectivity index (χ4n) is 1.38. The Bertz CT molecular complexity index is 198. The predicted molar refractivity (Wildman–Crippen MR) is 72.2 cm³/mol. The van der Waals surface area contributed by atoms with Crippen molar-refractivity contribution in [2.75, 3.05) is 12.4 Å². The molecule has 4 heteroatoms. The van der Waals surface area contributed by atoms with Gasteiger partial charge in [0.15, 0.2) is 0 Å². The summed E-state index contributed by atoms with van der Waals surface area (Å²) < 4.78 is 16.9. The Balaban J connectivity index is 3.38. The van der Waals surface area contributed by atoms with Gasteiger partial charge in [-0.15, -0.1) is 11.8 Å². The third kappa shape index (κ3) is 10.6. The minimum Gasteiger partial charge on any atom is -0.462 e. The summed E-state index contributed by atoms with van der Waals surface area (Å²) in [6, 6.07) is 0. The molecule has 102 valence electrons. The van der Waals surface area contributed by atoms with Gasteiger partial charge in [-0.1, -0.05) is 19.3 Å². The summed E-state index contributed by atoms with van der Waals surface area (Å²) in [5, 5.41) is -0.0803. The molecule has 0 aliphatic carbocycles. The molecule has 0 radical (unpaired) electrons. The van der Waals surface area contributed by atoms with Gasteiger partial charge in [-0.05, 0) is 39.4 Å². The van der Waals surface area contributed by atoms with Crippen LogP contribution in [0, 0.1) is 0 Å². The van der Waals surface area contributed by atoms with Gasteiger partial charge in [0.05, 0.1) is 18.0 Å². The largest absolute Gasteiger partial charge is 0.462 e. The van der Waals surface area contributed by atoms with Crippen LogP contribution in [0.3, 0.4) is 0 Å². The van der Waals surface area contributed by atoms with Crippen LogP contribution in [-0.4, -0.2) is 29.8 Å². The predicted octanol–water partition coefficient (Wildman–Crippen LogP) is 3.98. The number of rotatable bonds is 10. The molecule has 0 aromatic rings. The molecule has 0 amide bonds. The molecule has 1 unspecified atom stereocenters. The molecular weight excluding hydrogens is 239 g/mol. The minimum absolute atomic E-state index is 0.0359.